The standard InChI is InChI=1S/C10H19N/c1-8(2)6-7-11-10(5)9(3)4/h7-9H,5-6H2,1-4H3/b11-7-. The Labute approximate surface area is 70.2 Å². The maximum atomic E-state index is 4.24. The number of hydrogen-bond acceptors (Lipinski definition) is 1. The second-order valence-electron chi connectivity index (χ2n) is 3.59. The third-order valence-corrected chi connectivity index (χ3v) is 1.50. The van der Waals surface area contributed by atoms with Gasteiger partial charge in [-0.2, -0.15) is 0 Å². The highest BCUT2D eigenvalue weighted by Gasteiger charge is 1.95. The quantitative estimate of drug-likeness (QED) is 0.550. The van der Waals surface area contributed by atoms with Crippen LogP contribution in [-0.2, 0) is 0 Å². The maximum Gasteiger partial charge on any atom is 0.0353 e. The van der Waals surface area contributed by atoms with E-state index in [1.54, 1.807) is 0 Å². The van der Waals surface area contributed by atoms with Gasteiger partial charge in [-0.15, -0.1) is 0 Å². The summed E-state index contributed by atoms with van der Waals surface area (Å²) in [6, 6.07) is 0. The number of rotatable bonds is 4. The molecule has 0 spiro atoms. The van der Waals surface area contributed by atoms with Gasteiger partial charge in [-0.25, -0.2) is 0 Å². The van der Waals surface area contributed by atoms with Crippen molar-refractivity contribution in [2.24, 2.45) is 16.8 Å². The van der Waals surface area contributed by atoms with Crippen LogP contribution in [-0.4, -0.2) is 6.21 Å². The Morgan fingerprint density at radius 3 is 2.27 bits per heavy atom. The van der Waals surface area contributed by atoms with E-state index in [1.165, 1.54) is 0 Å². The van der Waals surface area contributed by atoms with Crippen molar-refractivity contribution in [2.75, 3.05) is 0 Å². The molecule has 0 amide bonds. The molecule has 1 nitrogen and oxygen atoms in total. The average molecular weight is 153 g/mol. The first-order valence-corrected chi connectivity index (χ1v) is 4.25. The molecule has 0 aliphatic carbocycles. The number of nitrogens with zero attached hydrogens (tertiary/aromatic N) is 1. The van der Waals surface area contributed by atoms with E-state index in [0.717, 1.165) is 12.1 Å². The Kier molecular flexibility index (Phi) is 4.84. The van der Waals surface area contributed by atoms with Crippen LogP contribution in [0.3, 0.4) is 0 Å². The van der Waals surface area contributed by atoms with Crippen LogP contribution in [0.15, 0.2) is 17.3 Å². The molecular weight excluding hydrogens is 134 g/mol. The molecule has 0 saturated heterocycles. The van der Waals surface area contributed by atoms with Gasteiger partial charge in [-0.3, -0.25) is 4.99 Å². The second-order valence-corrected chi connectivity index (χ2v) is 3.59. The Bertz CT molecular complexity index is 143. The Morgan fingerprint density at radius 1 is 1.36 bits per heavy atom. The maximum absolute atomic E-state index is 4.24. The molecule has 0 radical (unpaired) electrons. The van der Waals surface area contributed by atoms with Gasteiger partial charge in [0.1, 0.15) is 0 Å². The molecule has 0 aromatic rings. The molecule has 0 atom stereocenters. The zero-order valence-corrected chi connectivity index (χ0v) is 8.09. The number of hydrogen-bond donors (Lipinski definition) is 0. The molecule has 0 saturated carbocycles. The minimum Gasteiger partial charge on any atom is -0.266 e. The fourth-order valence-electron chi connectivity index (χ4n) is 0.530. The summed E-state index contributed by atoms with van der Waals surface area (Å²) in [5, 5.41) is 0. The zero-order chi connectivity index (χ0) is 8.85. The lowest BCUT2D eigenvalue weighted by atomic mass is 10.1. The first kappa shape index (κ1) is 10.4. The molecule has 0 fully saturated rings. The number of allylic oxidation sites excluding steroid dienone is 1. The number of aliphatic imine (C=N–C) groups is 1. The molecular formula is C10H19N. The monoisotopic (exact) mass is 153 g/mol. The summed E-state index contributed by atoms with van der Waals surface area (Å²) in [4.78, 5) is 4.24. The predicted molar refractivity (Wildman–Crippen MR) is 51.9 cm³/mol. The Hall–Kier alpha value is -0.590. The average Bonchev–Trinajstić information content (AvgIpc) is 1.86. The van der Waals surface area contributed by atoms with Gasteiger partial charge in [0.15, 0.2) is 0 Å². The minimum absolute atomic E-state index is 0.471. The van der Waals surface area contributed by atoms with Crippen LogP contribution < -0.4 is 0 Å². The van der Waals surface area contributed by atoms with Crippen LogP contribution in [0.25, 0.3) is 0 Å². The van der Waals surface area contributed by atoms with Crippen molar-refractivity contribution in [3.05, 3.63) is 12.3 Å². The largest absolute Gasteiger partial charge is 0.266 e. The first-order valence-electron chi connectivity index (χ1n) is 4.25. The fraction of sp³-hybridized carbons (Fsp3) is 0.700. The van der Waals surface area contributed by atoms with Crippen molar-refractivity contribution >= 4 is 6.21 Å². The SMILES string of the molecule is C=C(/N=C\CC(C)C)C(C)C. The molecule has 11 heavy (non-hydrogen) atoms. The van der Waals surface area contributed by atoms with Gasteiger partial charge in [-0.1, -0.05) is 34.3 Å². The smallest absolute Gasteiger partial charge is 0.0353 e. The molecule has 0 aliphatic rings. The highest BCUT2D eigenvalue weighted by atomic mass is 14.7. The van der Waals surface area contributed by atoms with E-state index < -0.39 is 0 Å². The molecule has 0 rings (SSSR count). The van der Waals surface area contributed by atoms with Crippen molar-refractivity contribution in [3.8, 4) is 0 Å². The van der Waals surface area contributed by atoms with Crippen LogP contribution in [0.4, 0.5) is 0 Å². The van der Waals surface area contributed by atoms with Gasteiger partial charge in [0, 0.05) is 11.9 Å². The predicted octanol–water partition coefficient (Wildman–Crippen LogP) is 3.27. The highest BCUT2D eigenvalue weighted by molar-refractivity contribution is 5.59. The van der Waals surface area contributed by atoms with Crippen molar-refractivity contribution in [1.29, 1.82) is 0 Å². The summed E-state index contributed by atoms with van der Waals surface area (Å²) >= 11 is 0. The second kappa shape index (κ2) is 5.11. The van der Waals surface area contributed by atoms with E-state index in [4.69, 9.17) is 0 Å². The van der Waals surface area contributed by atoms with E-state index >= 15 is 0 Å². The van der Waals surface area contributed by atoms with Crippen LogP contribution in [0.5, 0.6) is 0 Å². The van der Waals surface area contributed by atoms with E-state index in [-0.39, 0.29) is 0 Å². The summed E-state index contributed by atoms with van der Waals surface area (Å²) in [5.41, 5.74) is 0.977. The van der Waals surface area contributed by atoms with Gasteiger partial charge in [0.05, 0.1) is 0 Å². The molecule has 1 heteroatoms. The summed E-state index contributed by atoms with van der Waals surface area (Å²) in [6.45, 7) is 12.4. The van der Waals surface area contributed by atoms with Gasteiger partial charge in [0.25, 0.3) is 0 Å². The lowest BCUT2D eigenvalue weighted by Gasteiger charge is -2.02. The topological polar surface area (TPSA) is 12.4 Å². The Morgan fingerprint density at radius 2 is 1.91 bits per heavy atom. The lowest BCUT2D eigenvalue weighted by molar-refractivity contribution is 0.687. The van der Waals surface area contributed by atoms with Gasteiger partial charge < -0.3 is 0 Å². The van der Waals surface area contributed by atoms with Crippen molar-refractivity contribution in [3.63, 3.8) is 0 Å². The molecule has 0 unspecified atom stereocenters. The van der Waals surface area contributed by atoms with Crippen LogP contribution in [0.2, 0.25) is 0 Å². The van der Waals surface area contributed by atoms with E-state index in [0.29, 0.717) is 11.8 Å². The molecule has 0 aliphatic heterocycles. The van der Waals surface area contributed by atoms with Gasteiger partial charge in [-0.05, 0) is 18.3 Å². The van der Waals surface area contributed by atoms with Crippen LogP contribution in [0.1, 0.15) is 34.1 Å². The molecule has 0 heterocycles. The van der Waals surface area contributed by atoms with Crippen molar-refractivity contribution in [2.45, 2.75) is 34.1 Å². The van der Waals surface area contributed by atoms with E-state index in [2.05, 4.69) is 39.3 Å². The summed E-state index contributed by atoms with van der Waals surface area (Å²) in [7, 11) is 0. The third-order valence-electron chi connectivity index (χ3n) is 1.50. The molecule has 0 bridgehead atoms. The van der Waals surface area contributed by atoms with Gasteiger partial charge in [0.2, 0.25) is 0 Å². The van der Waals surface area contributed by atoms with Crippen LogP contribution in [0, 0.1) is 11.8 Å². The minimum atomic E-state index is 0.471. The highest BCUT2D eigenvalue weighted by Crippen LogP contribution is 2.07. The summed E-state index contributed by atoms with van der Waals surface area (Å²) in [6.07, 6.45) is 3.01. The summed E-state index contributed by atoms with van der Waals surface area (Å²) < 4.78 is 0. The van der Waals surface area contributed by atoms with Crippen molar-refractivity contribution in [1.82, 2.24) is 0 Å². The zero-order valence-electron chi connectivity index (χ0n) is 8.09. The Balaban J connectivity index is 3.66. The van der Waals surface area contributed by atoms with E-state index in [1.807, 2.05) is 6.21 Å². The molecule has 0 aromatic heterocycles. The summed E-state index contributed by atoms with van der Waals surface area (Å²) in [5.74, 6) is 1.16. The fourth-order valence-corrected chi connectivity index (χ4v) is 0.530. The molecule has 64 valence electrons. The molecule has 0 aromatic carbocycles. The normalized spacial score (nSPS) is 11.8. The lowest BCUT2D eigenvalue weighted by Crippen LogP contribution is -1.91. The third kappa shape index (κ3) is 5.84. The van der Waals surface area contributed by atoms with Crippen molar-refractivity contribution < 1.29 is 0 Å². The molecule has 0 N–H and O–H groups in total. The first-order chi connectivity index (χ1) is 5.04. The van der Waals surface area contributed by atoms with Gasteiger partial charge >= 0.3 is 0 Å². The van der Waals surface area contributed by atoms with E-state index in [9.17, 15) is 0 Å². The van der Waals surface area contributed by atoms with Crippen LogP contribution >= 0.6 is 0 Å².